The molecule has 0 heterocycles. The molecule has 0 saturated heterocycles. The van der Waals surface area contributed by atoms with Gasteiger partial charge in [0.2, 0.25) is 0 Å². The number of hydrogen-bond donors (Lipinski definition) is 1. The lowest BCUT2D eigenvalue weighted by Crippen LogP contribution is -2.48. The van der Waals surface area contributed by atoms with Crippen LogP contribution in [0.15, 0.2) is 18.2 Å². The Bertz CT molecular complexity index is 560. The van der Waals surface area contributed by atoms with Crippen molar-refractivity contribution in [1.82, 2.24) is 4.90 Å². The molecule has 1 aromatic rings. The van der Waals surface area contributed by atoms with Crippen molar-refractivity contribution in [2.75, 3.05) is 7.11 Å². The van der Waals surface area contributed by atoms with Crippen molar-refractivity contribution < 1.29 is 24.2 Å². The monoisotopic (exact) mass is 323 g/mol. The first-order valence-electron chi connectivity index (χ1n) is 7.59. The van der Waals surface area contributed by atoms with Gasteiger partial charge in [-0.05, 0) is 46.8 Å². The van der Waals surface area contributed by atoms with Gasteiger partial charge in [0.25, 0.3) is 5.91 Å². The minimum absolute atomic E-state index is 0.00825. The molecule has 0 saturated carbocycles. The maximum atomic E-state index is 12.6. The van der Waals surface area contributed by atoms with Crippen LogP contribution in [0.4, 0.5) is 0 Å². The van der Waals surface area contributed by atoms with Gasteiger partial charge in [0.05, 0.1) is 7.11 Å². The molecule has 0 aromatic heterocycles. The summed E-state index contributed by atoms with van der Waals surface area (Å²) >= 11 is 0. The van der Waals surface area contributed by atoms with Crippen LogP contribution in [-0.4, -0.2) is 47.2 Å². The molecule has 0 aliphatic heterocycles. The van der Waals surface area contributed by atoms with E-state index in [9.17, 15) is 14.7 Å². The molecular weight excluding hydrogens is 298 g/mol. The topological polar surface area (TPSA) is 76.1 Å². The first-order chi connectivity index (χ1) is 10.7. The molecule has 1 amide bonds. The fourth-order valence-electron chi connectivity index (χ4n) is 2.46. The zero-order valence-electron chi connectivity index (χ0n) is 14.5. The van der Waals surface area contributed by atoms with Crippen LogP contribution in [0.3, 0.4) is 0 Å². The fourth-order valence-corrected chi connectivity index (χ4v) is 2.46. The molecule has 0 bridgehead atoms. The van der Waals surface area contributed by atoms with Crippen molar-refractivity contribution in [1.29, 1.82) is 0 Å². The third kappa shape index (κ3) is 4.61. The smallest absolute Gasteiger partial charge is 0.339 e. The summed E-state index contributed by atoms with van der Waals surface area (Å²) in [5, 5.41) is 9.25. The first-order valence-corrected chi connectivity index (χ1v) is 7.59. The summed E-state index contributed by atoms with van der Waals surface area (Å²) in [4.78, 5) is 25.6. The van der Waals surface area contributed by atoms with E-state index in [1.807, 2.05) is 27.7 Å². The summed E-state index contributed by atoms with van der Waals surface area (Å²) in [6.45, 7) is 9.33. The Labute approximate surface area is 137 Å². The predicted octanol–water partition coefficient (Wildman–Crippen LogP) is 2.81. The minimum Gasteiger partial charge on any atom is -0.497 e. The Hall–Kier alpha value is -2.24. The quantitative estimate of drug-likeness (QED) is 0.835. The summed E-state index contributed by atoms with van der Waals surface area (Å²) < 4.78 is 10.7. The molecule has 128 valence electrons. The lowest BCUT2D eigenvalue weighted by Gasteiger charge is -2.33. The Morgan fingerprint density at radius 2 is 1.65 bits per heavy atom. The van der Waals surface area contributed by atoms with E-state index in [1.165, 1.54) is 25.3 Å². The highest BCUT2D eigenvalue weighted by Crippen LogP contribution is 2.26. The summed E-state index contributed by atoms with van der Waals surface area (Å²) in [5.74, 6) is -0.722. The third-order valence-electron chi connectivity index (χ3n) is 3.44. The molecule has 6 heteroatoms. The van der Waals surface area contributed by atoms with Crippen molar-refractivity contribution in [3.63, 3.8) is 0 Å². The van der Waals surface area contributed by atoms with Gasteiger partial charge in [0, 0.05) is 18.2 Å². The molecule has 6 nitrogen and oxygen atoms in total. The maximum Gasteiger partial charge on any atom is 0.339 e. The van der Waals surface area contributed by atoms with Gasteiger partial charge in [-0.1, -0.05) is 0 Å². The number of amides is 1. The molecule has 0 fully saturated rings. The minimum atomic E-state index is -1.12. The second-order valence-corrected chi connectivity index (χ2v) is 5.86. The molecule has 0 aliphatic carbocycles. The number of carboxylic acids is 1. The van der Waals surface area contributed by atoms with E-state index in [2.05, 4.69) is 0 Å². The van der Waals surface area contributed by atoms with Gasteiger partial charge in [-0.25, -0.2) is 4.79 Å². The zero-order chi connectivity index (χ0) is 17.7. The summed E-state index contributed by atoms with van der Waals surface area (Å²) in [5.41, 5.74) is -0.00825. The van der Waals surface area contributed by atoms with Crippen LogP contribution in [0.1, 0.15) is 45.0 Å². The molecule has 0 aliphatic rings. The lowest BCUT2D eigenvalue weighted by atomic mass is 10.1. The Kier molecular flexibility index (Phi) is 6.42. The van der Waals surface area contributed by atoms with Gasteiger partial charge in [-0.2, -0.15) is 0 Å². The van der Waals surface area contributed by atoms with E-state index >= 15 is 0 Å². The average Bonchev–Trinajstić information content (AvgIpc) is 2.45. The fraction of sp³-hybridized carbons (Fsp3) is 0.529. The average molecular weight is 323 g/mol. The van der Waals surface area contributed by atoms with Gasteiger partial charge in [0.15, 0.2) is 6.10 Å². The van der Waals surface area contributed by atoms with Gasteiger partial charge in [0.1, 0.15) is 17.1 Å². The Balaban J connectivity index is 3.06. The van der Waals surface area contributed by atoms with Gasteiger partial charge in [-0.15, -0.1) is 0 Å². The second-order valence-electron chi connectivity index (χ2n) is 5.86. The number of benzene rings is 1. The van der Waals surface area contributed by atoms with Crippen LogP contribution < -0.4 is 9.47 Å². The van der Waals surface area contributed by atoms with Crippen LogP contribution >= 0.6 is 0 Å². The van der Waals surface area contributed by atoms with E-state index in [-0.39, 0.29) is 29.3 Å². The van der Waals surface area contributed by atoms with Crippen LogP contribution in [0, 0.1) is 0 Å². The summed E-state index contributed by atoms with van der Waals surface area (Å²) in [7, 11) is 1.48. The number of methoxy groups -OCH3 is 1. The zero-order valence-corrected chi connectivity index (χ0v) is 14.5. The number of hydrogen-bond acceptors (Lipinski definition) is 4. The molecular formula is C17H25NO5. The third-order valence-corrected chi connectivity index (χ3v) is 3.44. The first kappa shape index (κ1) is 18.8. The van der Waals surface area contributed by atoms with Crippen LogP contribution in [0.2, 0.25) is 0 Å². The Morgan fingerprint density at radius 1 is 1.09 bits per heavy atom. The SMILES string of the molecule is COc1ccc(C(=O)O)c(OC(C)C(=O)N(C(C)C)C(C)C)c1. The second kappa shape index (κ2) is 7.85. The molecule has 0 spiro atoms. The van der Waals surface area contributed by atoms with Gasteiger partial charge >= 0.3 is 5.97 Å². The van der Waals surface area contributed by atoms with E-state index < -0.39 is 12.1 Å². The number of aromatic carboxylic acids is 1. The number of carbonyl (C=O) groups excluding carboxylic acids is 1. The normalized spacial score (nSPS) is 12.2. The largest absolute Gasteiger partial charge is 0.497 e. The highest BCUT2D eigenvalue weighted by atomic mass is 16.5. The highest BCUT2D eigenvalue weighted by Gasteiger charge is 2.27. The lowest BCUT2D eigenvalue weighted by molar-refractivity contribution is -0.141. The van der Waals surface area contributed by atoms with Gasteiger partial charge < -0.3 is 19.5 Å². The molecule has 1 unspecified atom stereocenters. The standard InChI is InChI=1S/C17H25NO5/c1-10(2)18(11(3)4)16(19)12(5)23-15-9-13(22-6)7-8-14(15)17(20)21/h7-12H,1-6H3,(H,20,21). The summed E-state index contributed by atoms with van der Waals surface area (Å²) in [6, 6.07) is 4.46. The van der Waals surface area contributed by atoms with Crippen molar-refractivity contribution in [3.8, 4) is 11.5 Å². The van der Waals surface area contributed by atoms with Crippen LogP contribution in [0.25, 0.3) is 0 Å². The predicted molar refractivity (Wildman–Crippen MR) is 87.2 cm³/mol. The molecule has 1 aromatic carbocycles. The Morgan fingerprint density at radius 3 is 2.09 bits per heavy atom. The van der Waals surface area contributed by atoms with Crippen LogP contribution in [0.5, 0.6) is 11.5 Å². The number of nitrogens with zero attached hydrogens (tertiary/aromatic N) is 1. The molecule has 1 atom stereocenters. The van der Waals surface area contributed by atoms with Gasteiger partial charge in [-0.3, -0.25) is 4.79 Å². The van der Waals surface area contributed by atoms with Crippen molar-refractivity contribution in [2.45, 2.75) is 52.8 Å². The van der Waals surface area contributed by atoms with E-state index in [4.69, 9.17) is 9.47 Å². The number of carbonyl (C=O) groups is 2. The number of rotatable bonds is 7. The number of ether oxygens (including phenoxy) is 2. The molecule has 0 radical (unpaired) electrons. The number of carboxylic acid groups (broad SMARTS) is 1. The highest BCUT2D eigenvalue weighted by molar-refractivity contribution is 5.91. The summed E-state index contributed by atoms with van der Waals surface area (Å²) in [6.07, 6.45) is -0.801. The van der Waals surface area contributed by atoms with Crippen molar-refractivity contribution in [3.05, 3.63) is 23.8 Å². The molecule has 23 heavy (non-hydrogen) atoms. The van der Waals surface area contributed by atoms with Crippen molar-refractivity contribution >= 4 is 11.9 Å². The molecule has 1 rings (SSSR count). The van der Waals surface area contributed by atoms with E-state index in [0.717, 1.165) is 0 Å². The van der Waals surface area contributed by atoms with Crippen LogP contribution in [-0.2, 0) is 4.79 Å². The van der Waals surface area contributed by atoms with E-state index in [0.29, 0.717) is 5.75 Å². The van der Waals surface area contributed by atoms with E-state index in [1.54, 1.807) is 11.8 Å². The maximum absolute atomic E-state index is 12.6. The van der Waals surface area contributed by atoms with Crippen molar-refractivity contribution in [2.24, 2.45) is 0 Å². The molecule has 1 N–H and O–H groups in total.